The molecule has 3 nitrogen and oxygen atoms in total. The predicted molar refractivity (Wildman–Crippen MR) is 88.0 cm³/mol. The molecule has 116 valence electrons. The number of nitrogens with zero attached hydrogens (tertiary/aromatic N) is 1. The summed E-state index contributed by atoms with van der Waals surface area (Å²) in [5, 5.41) is 3.49. The molecule has 0 aromatic heterocycles. The molecule has 1 N–H and O–H groups in total. The summed E-state index contributed by atoms with van der Waals surface area (Å²) in [4.78, 5) is 14.6. The molecule has 4 heteroatoms. The van der Waals surface area contributed by atoms with Crippen LogP contribution in [-0.2, 0) is 0 Å². The van der Waals surface area contributed by atoms with Crippen LogP contribution >= 0.6 is 11.6 Å². The number of aryl methyl sites for hydroxylation is 1. The molecule has 1 amide bonds. The lowest BCUT2D eigenvalue weighted by molar-refractivity contribution is 0.0949. The Kier molecular flexibility index (Phi) is 6.07. The highest BCUT2D eigenvalue weighted by Crippen LogP contribution is 2.18. The van der Waals surface area contributed by atoms with Gasteiger partial charge in [-0.3, -0.25) is 4.79 Å². The smallest absolute Gasteiger partial charge is 0.252 e. The standard InChI is InChI=1S/C17H25ClN2O/c1-13-7-8-15(16(18)12-13)17(21)19-9-5-11-20-10-4-3-6-14(20)2/h7-8,12,14H,3-6,9-11H2,1-2H3,(H,19,21). The molecular weight excluding hydrogens is 284 g/mol. The number of hydrogen-bond acceptors (Lipinski definition) is 2. The van der Waals surface area contributed by atoms with Crippen LogP contribution in [0.4, 0.5) is 0 Å². The van der Waals surface area contributed by atoms with Crippen LogP contribution in [0.2, 0.25) is 5.02 Å². The van der Waals surface area contributed by atoms with E-state index in [1.165, 1.54) is 25.8 Å². The Hall–Kier alpha value is -1.06. The topological polar surface area (TPSA) is 32.3 Å². The first-order valence-corrected chi connectivity index (χ1v) is 8.24. The van der Waals surface area contributed by atoms with Gasteiger partial charge in [0.1, 0.15) is 0 Å². The second-order valence-electron chi connectivity index (χ2n) is 5.97. The second kappa shape index (κ2) is 7.81. The quantitative estimate of drug-likeness (QED) is 0.842. The van der Waals surface area contributed by atoms with Crippen molar-refractivity contribution in [2.75, 3.05) is 19.6 Å². The Labute approximate surface area is 132 Å². The lowest BCUT2D eigenvalue weighted by Gasteiger charge is -2.33. The van der Waals surface area contributed by atoms with Gasteiger partial charge in [-0.1, -0.05) is 24.1 Å². The normalized spacial score (nSPS) is 19.5. The van der Waals surface area contributed by atoms with Gasteiger partial charge in [0.2, 0.25) is 0 Å². The van der Waals surface area contributed by atoms with Gasteiger partial charge in [0.15, 0.2) is 0 Å². The zero-order valence-electron chi connectivity index (χ0n) is 13.0. The highest BCUT2D eigenvalue weighted by Gasteiger charge is 2.17. The number of carbonyl (C=O) groups excluding carboxylic acids is 1. The van der Waals surface area contributed by atoms with Crippen LogP contribution < -0.4 is 5.32 Å². The number of nitrogens with one attached hydrogen (secondary N) is 1. The third-order valence-electron chi connectivity index (χ3n) is 4.22. The molecule has 1 fully saturated rings. The largest absolute Gasteiger partial charge is 0.352 e. The van der Waals surface area contributed by atoms with Gasteiger partial charge in [-0.05, 0) is 57.4 Å². The van der Waals surface area contributed by atoms with Crippen molar-refractivity contribution in [1.29, 1.82) is 0 Å². The highest BCUT2D eigenvalue weighted by molar-refractivity contribution is 6.33. The van der Waals surface area contributed by atoms with Crippen LogP contribution in [0.5, 0.6) is 0 Å². The van der Waals surface area contributed by atoms with Crippen molar-refractivity contribution in [3.8, 4) is 0 Å². The summed E-state index contributed by atoms with van der Waals surface area (Å²) < 4.78 is 0. The summed E-state index contributed by atoms with van der Waals surface area (Å²) in [6, 6.07) is 6.21. The van der Waals surface area contributed by atoms with E-state index >= 15 is 0 Å². The Morgan fingerprint density at radius 2 is 2.24 bits per heavy atom. The van der Waals surface area contributed by atoms with Gasteiger partial charge in [0.05, 0.1) is 10.6 Å². The Balaban J connectivity index is 1.74. The first-order valence-electron chi connectivity index (χ1n) is 7.86. The van der Waals surface area contributed by atoms with Crippen molar-refractivity contribution in [2.45, 2.75) is 45.6 Å². The first kappa shape index (κ1) is 16.3. The van der Waals surface area contributed by atoms with E-state index in [-0.39, 0.29) is 5.91 Å². The molecule has 1 aliphatic heterocycles. The van der Waals surface area contributed by atoms with Crippen molar-refractivity contribution >= 4 is 17.5 Å². The maximum Gasteiger partial charge on any atom is 0.252 e. The van der Waals surface area contributed by atoms with Crippen LogP contribution in [-0.4, -0.2) is 36.5 Å². The number of hydrogen-bond donors (Lipinski definition) is 1. The molecular formula is C17H25ClN2O. The summed E-state index contributed by atoms with van der Waals surface area (Å²) in [7, 11) is 0. The van der Waals surface area contributed by atoms with E-state index in [9.17, 15) is 4.79 Å². The molecule has 1 saturated heterocycles. The predicted octanol–water partition coefficient (Wildman–Crippen LogP) is 3.64. The Morgan fingerprint density at radius 3 is 2.95 bits per heavy atom. The number of carbonyl (C=O) groups is 1. The monoisotopic (exact) mass is 308 g/mol. The molecule has 0 spiro atoms. The highest BCUT2D eigenvalue weighted by atomic mass is 35.5. The van der Waals surface area contributed by atoms with E-state index in [1.807, 2.05) is 19.1 Å². The zero-order valence-corrected chi connectivity index (χ0v) is 13.7. The van der Waals surface area contributed by atoms with Gasteiger partial charge in [0, 0.05) is 19.1 Å². The maximum absolute atomic E-state index is 12.1. The lowest BCUT2D eigenvalue weighted by atomic mass is 10.0. The van der Waals surface area contributed by atoms with Crippen LogP contribution in [0.1, 0.15) is 48.5 Å². The SMILES string of the molecule is Cc1ccc(C(=O)NCCCN2CCCCC2C)c(Cl)c1. The number of halogens is 1. The fraction of sp³-hybridized carbons (Fsp3) is 0.588. The minimum absolute atomic E-state index is 0.0771. The molecule has 1 aliphatic rings. The van der Waals surface area contributed by atoms with Gasteiger partial charge >= 0.3 is 0 Å². The van der Waals surface area contributed by atoms with E-state index in [2.05, 4.69) is 17.1 Å². The van der Waals surface area contributed by atoms with E-state index in [0.29, 0.717) is 23.2 Å². The van der Waals surface area contributed by atoms with Gasteiger partial charge in [0.25, 0.3) is 5.91 Å². The average Bonchev–Trinajstić information content (AvgIpc) is 2.45. The van der Waals surface area contributed by atoms with Crippen molar-refractivity contribution in [3.05, 3.63) is 34.3 Å². The molecule has 0 aliphatic carbocycles. The minimum atomic E-state index is -0.0771. The summed E-state index contributed by atoms with van der Waals surface area (Å²) in [5.74, 6) is -0.0771. The first-order chi connectivity index (χ1) is 10.1. The van der Waals surface area contributed by atoms with E-state index in [1.54, 1.807) is 6.07 Å². The third kappa shape index (κ3) is 4.72. The van der Waals surface area contributed by atoms with E-state index in [4.69, 9.17) is 11.6 Å². The Bertz CT molecular complexity index is 490. The Morgan fingerprint density at radius 1 is 1.43 bits per heavy atom. The summed E-state index contributed by atoms with van der Waals surface area (Å²) >= 11 is 6.11. The average molecular weight is 309 g/mol. The minimum Gasteiger partial charge on any atom is -0.352 e. The molecule has 1 aromatic carbocycles. The van der Waals surface area contributed by atoms with Crippen LogP contribution in [0.15, 0.2) is 18.2 Å². The fourth-order valence-corrected chi connectivity index (χ4v) is 3.19. The molecule has 1 heterocycles. The molecule has 0 bridgehead atoms. The summed E-state index contributed by atoms with van der Waals surface area (Å²) in [5.41, 5.74) is 1.63. The molecule has 1 atom stereocenters. The number of rotatable bonds is 5. The van der Waals surface area contributed by atoms with Crippen molar-refractivity contribution in [2.24, 2.45) is 0 Å². The summed E-state index contributed by atoms with van der Waals surface area (Å²) in [6.45, 7) is 7.21. The zero-order chi connectivity index (χ0) is 15.2. The number of likely N-dealkylation sites (tertiary alicyclic amines) is 1. The number of amides is 1. The van der Waals surface area contributed by atoms with Gasteiger partial charge < -0.3 is 10.2 Å². The molecule has 1 aromatic rings. The molecule has 0 radical (unpaired) electrons. The molecule has 2 rings (SSSR count). The molecule has 21 heavy (non-hydrogen) atoms. The van der Waals surface area contributed by atoms with Crippen molar-refractivity contribution in [1.82, 2.24) is 10.2 Å². The summed E-state index contributed by atoms with van der Waals surface area (Å²) in [6.07, 6.45) is 4.93. The van der Waals surface area contributed by atoms with Gasteiger partial charge in [-0.25, -0.2) is 0 Å². The number of benzene rings is 1. The fourth-order valence-electron chi connectivity index (χ4n) is 2.87. The van der Waals surface area contributed by atoms with Gasteiger partial charge in [-0.2, -0.15) is 0 Å². The van der Waals surface area contributed by atoms with E-state index in [0.717, 1.165) is 18.5 Å². The number of piperidine rings is 1. The molecule has 1 unspecified atom stereocenters. The van der Waals surface area contributed by atoms with Crippen LogP contribution in [0.25, 0.3) is 0 Å². The van der Waals surface area contributed by atoms with Crippen molar-refractivity contribution in [3.63, 3.8) is 0 Å². The third-order valence-corrected chi connectivity index (χ3v) is 4.53. The van der Waals surface area contributed by atoms with Gasteiger partial charge in [-0.15, -0.1) is 0 Å². The second-order valence-corrected chi connectivity index (χ2v) is 6.38. The lowest BCUT2D eigenvalue weighted by Crippen LogP contribution is -2.39. The maximum atomic E-state index is 12.1. The van der Waals surface area contributed by atoms with E-state index < -0.39 is 0 Å². The van der Waals surface area contributed by atoms with Crippen molar-refractivity contribution < 1.29 is 4.79 Å². The van der Waals surface area contributed by atoms with Crippen LogP contribution in [0.3, 0.4) is 0 Å². The molecule has 0 saturated carbocycles. The van der Waals surface area contributed by atoms with Crippen LogP contribution in [0, 0.1) is 6.92 Å².